The van der Waals surface area contributed by atoms with Crippen molar-refractivity contribution in [3.05, 3.63) is 0 Å². The van der Waals surface area contributed by atoms with E-state index < -0.39 is 11.2 Å². The minimum Gasteiger partial charge on any atom is -0.393 e. The van der Waals surface area contributed by atoms with Crippen molar-refractivity contribution in [2.75, 3.05) is 0 Å². The SMILES string of the molecule is CC(CCCC(C)(O)CCCC(C)(O)CCCC1(C)CCC2CC(O)C(C)C(C)C2O1)C(N)=O. The van der Waals surface area contributed by atoms with Crippen molar-refractivity contribution in [2.24, 2.45) is 29.4 Å². The van der Waals surface area contributed by atoms with Gasteiger partial charge in [-0.25, -0.2) is 0 Å². The van der Waals surface area contributed by atoms with Gasteiger partial charge in [0.1, 0.15) is 0 Å². The summed E-state index contributed by atoms with van der Waals surface area (Å²) in [5.41, 5.74) is 3.62. The summed E-state index contributed by atoms with van der Waals surface area (Å²) in [6.45, 7) is 12.1. The van der Waals surface area contributed by atoms with Crippen molar-refractivity contribution >= 4 is 5.91 Å². The molecule has 9 atom stereocenters. The van der Waals surface area contributed by atoms with Crippen LogP contribution in [0.4, 0.5) is 0 Å². The Morgan fingerprint density at radius 3 is 2.21 bits per heavy atom. The maximum atomic E-state index is 11.2. The predicted molar refractivity (Wildman–Crippen MR) is 136 cm³/mol. The lowest BCUT2D eigenvalue weighted by Crippen LogP contribution is -2.52. The molecule has 2 rings (SSSR count). The lowest BCUT2D eigenvalue weighted by atomic mass is 9.67. The van der Waals surface area contributed by atoms with E-state index in [-0.39, 0.29) is 35.6 Å². The quantitative estimate of drug-likeness (QED) is 0.303. The molecule has 0 bridgehead atoms. The number of aliphatic hydroxyl groups excluding tert-OH is 1. The van der Waals surface area contributed by atoms with Crippen LogP contribution in [0.2, 0.25) is 0 Å². The molecule has 0 spiro atoms. The number of nitrogens with two attached hydrogens (primary N) is 1. The average molecular weight is 484 g/mol. The van der Waals surface area contributed by atoms with Crippen LogP contribution in [-0.4, -0.2) is 50.2 Å². The van der Waals surface area contributed by atoms with Crippen LogP contribution < -0.4 is 5.73 Å². The number of aliphatic hydroxyl groups is 3. The van der Waals surface area contributed by atoms with E-state index in [1.54, 1.807) is 0 Å². The molecular formula is C28H53NO5. The zero-order chi connectivity index (χ0) is 25.7. The Labute approximate surface area is 208 Å². The topological polar surface area (TPSA) is 113 Å². The van der Waals surface area contributed by atoms with Crippen molar-refractivity contribution in [3.63, 3.8) is 0 Å². The molecule has 0 aromatic rings. The number of primary amides is 1. The molecule has 0 radical (unpaired) electrons. The molecule has 1 heterocycles. The molecule has 1 aliphatic heterocycles. The number of hydrogen-bond donors (Lipinski definition) is 4. The van der Waals surface area contributed by atoms with Gasteiger partial charge >= 0.3 is 0 Å². The molecule has 6 heteroatoms. The Kier molecular flexibility index (Phi) is 10.5. The van der Waals surface area contributed by atoms with Gasteiger partial charge in [-0.15, -0.1) is 0 Å². The summed E-state index contributed by atoms with van der Waals surface area (Å²) >= 11 is 0. The third-order valence-corrected chi connectivity index (χ3v) is 9.12. The number of carbonyl (C=O) groups is 1. The largest absolute Gasteiger partial charge is 0.393 e. The highest BCUT2D eigenvalue weighted by Gasteiger charge is 2.47. The molecule has 1 saturated heterocycles. The first-order chi connectivity index (χ1) is 15.6. The molecule has 1 aliphatic carbocycles. The highest BCUT2D eigenvalue weighted by molar-refractivity contribution is 5.76. The van der Waals surface area contributed by atoms with E-state index >= 15 is 0 Å². The van der Waals surface area contributed by atoms with E-state index in [0.29, 0.717) is 37.5 Å². The van der Waals surface area contributed by atoms with Crippen molar-refractivity contribution in [1.82, 2.24) is 0 Å². The second-order valence-corrected chi connectivity index (χ2v) is 12.7. The minimum atomic E-state index is -0.783. The van der Waals surface area contributed by atoms with Crippen molar-refractivity contribution in [1.29, 1.82) is 0 Å². The molecule has 1 amide bonds. The lowest BCUT2D eigenvalue weighted by Gasteiger charge is -2.51. The van der Waals surface area contributed by atoms with Crippen LogP contribution >= 0.6 is 0 Å². The Hall–Kier alpha value is -0.690. The highest BCUT2D eigenvalue weighted by Crippen LogP contribution is 2.46. The molecule has 2 aliphatic rings. The first-order valence-electron chi connectivity index (χ1n) is 13.7. The third kappa shape index (κ3) is 8.76. The Morgan fingerprint density at radius 2 is 1.62 bits per heavy atom. The van der Waals surface area contributed by atoms with Crippen LogP contribution in [0.25, 0.3) is 0 Å². The second kappa shape index (κ2) is 12.0. The van der Waals surface area contributed by atoms with E-state index in [2.05, 4.69) is 20.8 Å². The smallest absolute Gasteiger partial charge is 0.220 e. The van der Waals surface area contributed by atoms with E-state index in [0.717, 1.165) is 51.4 Å². The van der Waals surface area contributed by atoms with Crippen LogP contribution in [0.1, 0.15) is 119 Å². The van der Waals surface area contributed by atoms with E-state index in [4.69, 9.17) is 10.5 Å². The van der Waals surface area contributed by atoms with Crippen LogP contribution in [0.3, 0.4) is 0 Å². The van der Waals surface area contributed by atoms with Gasteiger partial charge in [-0.3, -0.25) is 4.79 Å². The highest BCUT2D eigenvalue weighted by atomic mass is 16.5. The molecule has 6 nitrogen and oxygen atoms in total. The molecule has 2 fully saturated rings. The Bertz CT molecular complexity index is 649. The van der Waals surface area contributed by atoms with E-state index in [1.807, 2.05) is 20.8 Å². The van der Waals surface area contributed by atoms with Gasteiger partial charge < -0.3 is 25.8 Å². The Balaban J connectivity index is 1.71. The van der Waals surface area contributed by atoms with Gasteiger partial charge in [0.25, 0.3) is 0 Å². The molecule has 9 unspecified atom stereocenters. The van der Waals surface area contributed by atoms with E-state index in [9.17, 15) is 20.1 Å². The fraction of sp³-hybridized carbons (Fsp3) is 0.964. The second-order valence-electron chi connectivity index (χ2n) is 12.7. The fourth-order valence-electron chi connectivity index (χ4n) is 6.16. The van der Waals surface area contributed by atoms with Crippen molar-refractivity contribution in [3.8, 4) is 0 Å². The van der Waals surface area contributed by atoms with Crippen LogP contribution in [0, 0.1) is 23.7 Å². The zero-order valence-corrected chi connectivity index (χ0v) is 22.7. The normalized spacial score (nSPS) is 36.2. The summed E-state index contributed by atoms with van der Waals surface area (Å²) in [7, 11) is 0. The molecule has 5 N–H and O–H groups in total. The molecule has 1 saturated carbocycles. The van der Waals surface area contributed by atoms with Gasteiger partial charge in [-0.2, -0.15) is 0 Å². The van der Waals surface area contributed by atoms with Crippen LogP contribution in [0.15, 0.2) is 0 Å². The van der Waals surface area contributed by atoms with Gasteiger partial charge in [0, 0.05) is 5.92 Å². The average Bonchev–Trinajstić information content (AvgIpc) is 2.72. The van der Waals surface area contributed by atoms with Crippen molar-refractivity contribution < 1.29 is 24.9 Å². The van der Waals surface area contributed by atoms with Gasteiger partial charge in [0.15, 0.2) is 0 Å². The van der Waals surface area contributed by atoms with Gasteiger partial charge in [-0.05, 0) is 116 Å². The molecule has 200 valence electrons. The maximum Gasteiger partial charge on any atom is 0.220 e. The summed E-state index contributed by atoms with van der Waals surface area (Å²) in [5, 5.41) is 31.9. The number of hydrogen-bond acceptors (Lipinski definition) is 5. The summed E-state index contributed by atoms with van der Waals surface area (Å²) < 4.78 is 6.66. The van der Waals surface area contributed by atoms with Gasteiger partial charge in [0.2, 0.25) is 5.91 Å². The van der Waals surface area contributed by atoms with Crippen LogP contribution in [-0.2, 0) is 9.53 Å². The summed E-state index contributed by atoms with van der Waals surface area (Å²) in [5.74, 6) is 0.652. The molecule has 0 aromatic heterocycles. The number of carbonyl (C=O) groups excluding carboxylic acids is 1. The fourth-order valence-corrected chi connectivity index (χ4v) is 6.16. The minimum absolute atomic E-state index is 0.154. The maximum absolute atomic E-state index is 11.2. The summed E-state index contributed by atoms with van der Waals surface area (Å²) in [4.78, 5) is 11.2. The standard InChI is InChI=1S/C28H53NO5/c1-19(25(29)31)10-7-12-26(4,32)13-8-14-27(5,33)15-9-16-28(6)17-11-22-18-23(30)20(2)21(3)24(22)34-28/h19-24,30,32-33H,7-18H2,1-6H3,(H2,29,31). The lowest BCUT2D eigenvalue weighted by molar-refractivity contribution is -0.200. The third-order valence-electron chi connectivity index (χ3n) is 9.12. The number of rotatable bonds is 13. The van der Waals surface area contributed by atoms with Crippen LogP contribution in [0.5, 0.6) is 0 Å². The van der Waals surface area contributed by atoms with Gasteiger partial charge in [0.05, 0.1) is 29.0 Å². The van der Waals surface area contributed by atoms with Gasteiger partial charge in [-0.1, -0.05) is 20.8 Å². The monoisotopic (exact) mass is 483 g/mol. The van der Waals surface area contributed by atoms with E-state index in [1.165, 1.54) is 0 Å². The first kappa shape index (κ1) is 29.5. The predicted octanol–water partition coefficient (Wildman–Crippen LogP) is 4.71. The number of amides is 1. The van der Waals surface area contributed by atoms with Crippen molar-refractivity contribution in [2.45, 2.75) is 148 Å². The molecular weight excluding hydrogens is 430 g/mol. The Morgan fingerprint density at radius 1 is 1.06 bits per heavy atom. The number of fused-ring (bicyclic) bond motifs is 1. The molecule has 0 aromatic carbocycles. The first-order valence-corrected chi connectivity index (χ1v) is 13.7. The zero-order valence-electron chi connectivity index (χ0n) is 22.7. The summed E-state index contributed by atoms with van der Waals surface area (Å²) in [6.07, 6.45) is 9.74. The summed E-state index contributed by atoms with van der Waals surface area (Å²) in [6, 6.07) is 0. The molecule has 34 heavy (non-hydrogen) atoms. The number of ether oxygens (including phenoxy) is 1.